The first kappa shape index (κ1) is 13.1. The van der Waals surface area contributed by atoms with E-state index in [0.717, 1.165) is 18.9 Å². The zero-order valence-electron chi connectivity index (χ0n) is 9.71. The number of hydrogen-bond donors (Lipinski definition) is 1. The van der Waals surface area contributed by atoms with Gasteiger partial charge in [-0.3, -0.25) is 0 Å². The van der Waals surface area contributed by atoms with Gasteiger partial charge in [0.15, 0.2) is 0 Å². The minimum Gasteiger partial charge on any atom is -0.388 e. The fraction of sp³-hybridized carbons (Fsp3) is 0.538. The third-order valence-electron chi connectivity index (χ3n) is 2.98. The maximum Gasteiger partial charge on any atom is 0.126 e. The molecule has 0 aliphatic rings. The predicted octanol–water partition coefficient (Wildman–Crippen LogP) is 3.82. The number of halogens is 2. The number of rotatable bonds is 5. The monoisotopic (exact) mass is 228 g/mol. The highest BCUT2D eigenvalue weighted by atomic mass is 19.1. The smallest absolute Gasteiger partial charge is 0.126 e. The van der Waals surface area contributed by atoms with E-state index < -0.39 is 17.7 Å². The first-order chi connectivity index (χ1) is 7.56. The lowest BCUT2D eigenvalue weighted by Gasteiger charge is -2.17. The molecule has 1 nitrogen and oxygen atoms in total. The van der Waals surface area contributed by atoms with E-state index in [4.69, 9.17) is 0 Å². The summed E-state index contributed by atoms with van der Waals surface area (Å²) in [6, 6.07) is 3.19. The fourth-order valence-electron chi connectivity index (χ4n) is 1.84. The topological polar surface area (TPSA) is 20.2 Å². The van der Waals surface area contributed by atoms with Gasteiger partial charge >= 0.3 is 0 Å². The second-order valence-electron chi connectivity index (χ2n) is 4.14. The summed E-state index contributed by atoms with van der Waals surface area (Å²) < 4.78 is 25.9. The third kappa shape index (κ3) is 3.56. The summed E-state index contributed by atoms with van der Waals surface area (Å²) in [5.74, 6) is -0.890. The predicted molar refractivity (Wildman–Crippen MR) is 60.0 cm³/mol. The van der Waals surface area contributed by atoms with Crippen LogP contribution < -0.4 is 0 Å². The van der Waals surface area contributed by atoms with Crippen LogP contribution in [0.2, 0.25) is 0 Å². The van der Waals surface area contributed by atoms with Crippen LogP contribution in [0.4, 0.5) is 8.78 Å². The van der Waals surface area contributed by atoms with E-state index in [0.29, 0.717) is 17.9 Å². The first-order valence-corrected chi connectivity index (χ1v) is 5.70. The van der Waals surface area contributed by atoms with Crippen molar-refractivity contribution >= 4 is 0 Å². The summed E-state index contributed by atoms with van der Waals surface area (Å²) in [6.07, 6.45) is 1.70. The van der Waals surface area contributed by atoms with Crippen LogP contribution in [0, 0.1) is 17.6 Å². The molecule has 1 N–H and O–H groups in total. The van der Waals surface area contributed by atoms with Gasteiger partial charge in [0.05, 0.1) is 6.10 Å². The molecule has 0 aromatic heterocycles. The van der Waals surface area contributed by atoms with Crippen molar-refractivity contribution < 1.29 is 13.9 Å². The molecule has 0 amide bonds. The van der Waals surface area contributed by atoms with E-state index in [2.05, 4.69) is 0 Å². The zero-order chi connectivity index (χ0) is 12.1. The van der Waals surface area contributed by atoms with E-state index in [1.54, 1.807) is 0 Å². The number of aliphatic hydroxyl groups excluding tert-OH is 1. The van der Waals surface area contributed by atoms with Gasteiger partial charge in [-0.05, 0) is 30.0 Å². The van der Waals surface area contributed by atoms with Crippen molar-refractivity contribution in [2.75, 3.05) is 0 Å². The summed E-state index contributed by atoms with van der Waals surface area (Å²) in [6.45, 7) is 4.10. The normalized spacial score (nSPS) is 13.1. The van der Waals surface area contributed by atoms with Crippen LogP contribution in [0.1, 0.15) is 44.8 Å². The number of hydrogen-bond acceptors (Lipinski definition) is 1. The van der Waals surface area contributed by atoms with Crippen LogP contribution in [0.5, 0.6) is 0 Å². The molecule has 0 aliphatic heterocycles. The highest BCUT2D eigenvalue weighted by Crippen LogP contribution is 2.26. The van der Waals surface area contributed by atoms with E-state index in [-0.39, 0.29) is 0 Å². The van der Waals surface area contributed by atoms with Gasteiger partial charge in [0.1, 0.15) is 11.6 Å². The molecule has 16 heavy (non-hydrogen) atoms. The third-order valence-corrected chi connectivity index (χ3v) is 2.98. The van der Waals surface area contributed by atoms with Crippen molar-refractivity contribution in [1.29, 1.82) is 0 Å². The number of aliphatic hydroxyl groups is 1. The van der Waals surface area contributed by atoms with Crippen molar-refractivity contribution in [1.82, 2.24) is 0 Å². The van der Waals surface area contributed by atoms with E-state index in [9.17, 15) is 13.9 Å². The highest BCUT2D eigenvalue weighted by molar-refractivity contribution is 5.20. The lowest BCUT2D eigenvalue weighted by molar-refractivity contribution is 0.140. The average Bonchev–Trinajstić information content (AvgIpc) is 2.24. The molecule has 3 heteroatoms. The average molecular weight is 228 g/mol. The molecule has 1 atom stereocenters. The van der Waals surface area contributed by atoms with Gasteiger partial charge < -0.3 is 5.11 Å². The Hall–Kier alpha value is -0.960. The van der Waals surface area contributed by atoms with E-state index in [1.165, 1.54) is 12.1 Å². The molecule has 0 heterocycles. The second-order valence-corrected chi connectivity index (χ2v) is 4.14. The Labute approximate surface area is 95.1 Å². The minimum absolute atomic E-state index is 0.324. The first-order valence-electron chi connectivity index (χ1n) is 5.70. The lowest BCUT2D eigenvalue weighted by atomic mass is 9.93. The largest absolute Gasteiger partial charge is 0.388 e. The quantitative estimate of drug-likeness (QED) is 0.812. The van der Waals surface area contributed by atoms with Gasteiger partial charge in [-0.2, -0.15) is 0 Å². The van der Waals surface area contributed by atoms with Gasteiger partial charge in [0, 0.05) is 6.07 Å². The zero-order valence-corrected chi connectivity index (χ0v) is 9.71. The van der Waals surface area contributed by atoms with Gasteiger partial charge in [-0.15, -0.1) is 0 Å². The Morgan fingerprint density at radius 3 is 2.00 bits per heavy atom. The minimum atomic E-state index is -0.782. The van der Waals surface area contributed by atoms with Crippen molar-refractivity contribution in [3.05, 3.63) is 35.4 Å². The molecule has 1 aromatic rings. The van der Waals surface area contributed by atoms with E-state index in [1.807, 2.05) is 13.8 Å². The van der Waals surface area contributed by atoms with Crippen molar-refractivity contribution in [2.45, 2.75) is 39.2 Å². The van der Waals surface area contributed by atoms with Gasteiger partial charge in [-0.25, -0.2) is 8.78 Å². The van der Waals surface area contributed by atoms with Gasteiger partial charge in [-0.1, -0.05) is 26.7 Å². The molecule has 0 radical (unpaired) electrons. The SMILES string of the molecule is CCC(CC)CC(O)c1cc(F)cc(F)c1. The Morgan fingerprint density at radius 2 is 1.56 bits per heavy atom. The highest BCUT2D eigenvalue weighted by Gasteiger charge is 2.14. The number of benzene rings is 1. The molecule has 90 valence electrons. The molecule has 0 saturated carbocycles. The van der Waals surface area contributed by atoms with Crippen molar-refractivity contribution in [3.8, 4) is 0 Å². The summed E-state index contributed by atoms with van der Waals surface area (Å²) in [4.78, 5) is 0. The van der Waals surface area contributed by atoms with Crippen LogP contribution in [-0.4, -0.2) is 5.11 Å². The van der Waals surface area contributed by atoms with Crippen LogP contribution in [-0.2, 0) is 0 Å². The summed E-state index contributed by atoms with van der Waals surface area (Å²) in [5.41, 5.74) is 0.324. The van der Waals surface area contributed by atoms with Crippen LogP contribution in [0.15, 0.2) is 18.2 Å². The molecule has 0 spiro atoms. The fourth-order valence-corrected chi connectivity index (χ4v) is 1.84. The molecule has 1 rings (SSSR count). The summed E-state index contributed by atoms with van der Waals surface area (Å²) in [7, 11) is 0. The Balaban J connectivity index is 2.75. The van der Waals surface area contributed by atoms with Crippen LogP contribution in [0.25, 0.3) is 0 Å². The van der Waals surface area contributed by atoms with E-state index >= 15 is 0 Å². The standard InChI is InChI=1S/C13H18F2O/c1-3-9(4-2)5-13(16)10-6-11(14)8-12(15)7-10/h6-9,13,16H,3-5H2,1-2H3. The van der Waals surface area contributed by atoms with Gasteiger partial charge in [0.25, 0.3) is 0 Å². The molecule has 0 fully saturated rings. The Kier molecular flexibility index (Phi) is 4.87. The lowest BCUT2D eigenvalue weighted by Crippen LogP contribution is -2.06. The molecule has 1 aromatic carbocycles. The van der Waals surface area contributed by atoms with Crippen LogP contribution in [0.3, 0.4) is 0 Å². The second kappa shape index (κ2) is 5.94. The van der Waals surface area contributed by atoms with Crippen molar-refractivity contribution in [2.24, 2.45) is 5.92 Å². The Bertz CT molecular complexity index is 314. The Morgan fingerprint density at radius 1 is 1.06 bits per heavy atom. The van der Waals surface area contributed by atoms with Gasteiger partial charge in [0.2, 0.25) is 0 Å². The summed E-state index contributed by atoms with van der Waals surface area (Å²) >= 11 is 0. The van der Waals surface area contributed by atoms with Crippen LogP contribution >= 0.6 is 0 Å². The summed E-state index contributed by atoms with van der Waals surface area (Å²) in [5, 5.41) is 9.87. The maximum atomic E-state index is 12.9. The molecule has 0 saturated heterocycles. The maximum absolute atomic E-state index is 12.9. The molecular weight excluding hydrogens is 210 g/mol. The molecular formula is C13H18F2O. The molecule has 1 unspecified atom stereocenters. The molecule has 0 aliphatic carbocycles. The molecule has 0 bridgehead atoms. The van der Waals surface area contributed by atoms with Crippen molar-refractivity contribution in [3.63, 3.8) is 0 Å².